The lowest BCUT2D eigenvalue weighted by Crippen LogP contribution is -2.20. The third kappa shape index (κ3) is 3.79. The number of hydrogen-bond acceptors (Lipinski definition) is 5. The van der Waals surface area contributed by atoms with Crippen molar-refractivity contribution < 1.29 is 14.2 Å². The third-order valence-corrected chi connectivity index (χ3v) is 3.02. The topological polar surface area (TPSA) is 51.8 Å². The van der Waals surface area contributed by atoms with Crippen LogP contribution in [-0.2, 0) is 6.54 Å². The maximum Gasteiger partial charge on any atom is 0.203 e. The average Bonchev–Trinajstić information content (AvgIpc) is 2.54. The number of rotatable bonds is 7. The zero-order chi connectivity index (χ0) is 15.1. The van der Waals surface area contributed by atoms with Gasteiger partial charge in [0.2, 0.25) is 5.75 Å². The van der Waals surface area contributed by atoms with Crippen molar-refractivity contribution in [3.05, 3.63) is 48.0 Å². The van der Waals surface area contributed by atoms with E-state index in [1.165, 1.54) is 0 Å². The van der Waals surface area contributed by atoms with E-state index in [1.807, 2.05) is 42.5 Å². The van der Waals surface area contributed by atoms with Gasteiger partial charge in [-0.3, -0.25) is 0 Å². The second-order valence-corrected chi connectivity index (χ2v) is 4.38. The van der Waals surface area contributed by atoms with E-state index in [4.69, 9.17) is 14.2 Å². The Kier molecular flexibility index (Phi) is 5.29. The summed E-state index contributed by atoms with van der Waals surface area (Å²) in [6.45, 7) is 0.617. The van der Waals surface area contributed by atoms with Crippen LogP contribution in [0.4, 0.5) is 5.69 Å². The third-order valence-electron chi connectivity index (χ3n) is 3.02. The van der Waals surface area contributed by atoms with Crippen LogP contribution in [-0.4, -0.2) is 21.3 Å². The van der Waals surface area contributed by atoms with E-state index in [9.17, 15) is 0 Å². The minimum absolute atomic E-state index is 0.597. The molecular formula is C16H20N2O3. The summed E-state index contributed by atoms with van der Waals surface area (Å²) < 4.78 is 16.0. The van der Waals surface area contributed by atoms with Crippen LogP contribution in [0.1, 0.15) is 5.56 Å². The van der Waals surface area contributed by atoms with Crippen LogP contribution in [0, 0.1) is 0 Å². The number of hydrazine groups is 1. The molecule has 2 N–H and O–H groups in total. The van der Waals surface area contributed by atoms with Crippen LogP contribution in [0.2, 0.25) is 0 Å². The van der Waals surface area contributed by atoms with Crippen molar-refractivity contribution in [3.8, 4) is 17.2 Å². The van der Waals surface area contributed by atoms with E-state index in [1.54, 1.807) is 21.3 Å². The zero-order valence-electron chi connectivity index (χ0n) is 12.5. The molecule has 0 aliphatic carbocycles. The lowest BCUT2D eigenvalue weighted by molar-refractivity contribution is 0.323. The first-order valence-electron chi connectivity index (χ1n) is 6.61. The fourth-order valence-corrected chi connectivity index (χ4v) is 2.01. The summed E-state index contributed by atoms with van der Waals surface area (Å²) in [6, 6.07) is 13.7. The van der Waals surface area contributed by atoms with E-state index in [0.717, 1.165) is 11.3 Å². The average molecular weight is 288 g/mol. The Morgan fingerprint density at radius 1 is 0.857 bits per heavy atom. The summed E-state index contributed by atoms with van der Waals surface area (Å²) in [4.78, 5) is 0. The number of benzene rings is 2. The van der Waals surface area contributed by atoms with Gasteiger partial charge in [0.05, 0.1) is 21.3 Å². The fraction of sp³-hybridized carbons (Fsp3) is 0.250. The summed E-state index contributed by atoms with van der Waals surface area (Å²) in [5.74, 6) is 1.89. The highest BCUT2D eigenvalue weighted by molar-refractivity contribution is 5.54. The molecule has 112 valence electrons. The smallest absolute Gasteiger partial charge is 0.203 e. The van der Waals surface area contributed by atoms with Crippen molar-refractivity contribution in [1.82, 2.24) is 5.43 Å². The van der Waals surface area contributed by atoms with Gasteiger partial charge in [0.25, 0.3) is 0 Å². The lowest BCUT2D eigenvalue weighted by Gasteiger charge is -2.15. The molecule has 5 nitrogen and oxygen atoms in total. The number of hydrogen-bond donors (Lipinski definition) is 2. The molecule has 21 heavy (non-hydrogen) atoms. The molecule has 0 amide bonds. The second-order valence-electron chi connectivity index (χ2n) is 4.38. The van der Waals surface area contributed by atoms with Crippen molar-refractivity contribution in [3.63, 3.8) is 0 Å². The summed E-state index contributed by atoms with van der Waals surface area (Å²) >= 11 is 0. The Morgan fingerprint density at radius 2 is 1.48 bits per heavy atom. The molecule has 0 saturated heterocycles. The number of para-hydroxylation sites is 1. The van der Waals surface area contributed by atoms with Gasteiger partial charge in [-0.25, -0.2) is 5.43 Å². The SMILES string of the molecule is COc1cc(CNNc2ccccc2)cc(OC)c1OC. The molecule has 0 saturated carbocycles. The van der Waals surface area contributed by atoms with E-state index in [0.29, 0.717) is 23.8 Å². The molecule has 0 aromatic heterocycles. The highest BCUT2D eigenvalue weighted by atomic mass is 16.5. The maximum atomic E-state index is 5.33. The number of anilines is 1. The van der Waals surface area contributed by atoms with Crippen molar-refractivity contribution in [1.29, 1.82) is 0 Å². The van der Waals surface area contributed by atoms with Crippen LogP contribution < -0.4 is 25.1 Å². The van der Waals surface area contributed by atoms with Gasteiger partial charge in [-0.15, -0.1) is 0 Å². The molecule has 0 spiro atoms. The number of ether oxygens (including phenoxy) is 3. The summed E-state index contributed by atoms with van der Waals surface area (Å²) in [6.07, 6.45) is 0. The van der Waals surface area contributed by atoms with Gasteiger partial charge in [-0.2, -0.15) is 0 Å². The lowest BCUT2D eigenvalue weighted by atomic mass is 10.2. The summed E-state index contributed by atoms with van der Waals surface area (Å²) in [7, 11) is 4.81. The molecule has 0 radical (unpaired) electrons. The van der Waals surface area contributed by atoms with E-state index >= 15 is 0 Å². The fourth-order valence-electron chi connectivity index (χ4n) is 2.01. The summed E-state index contributed by atoms with van der Waals surface area (Å²) in [5.41, 5.74) is 8.32. The normalized spacial score (nSPS) is 10.0. The largest absolute Gasteiger partial charge is 0.493 e. The van der Waals surface area contributed by atoms with Gasteiger partial charge in [-0.05, 0) is 29.8 Å². The number of methoxy groups -OCH3 is 3. The Labute approximate surface area is 124 Å². The van der Waals surface area contributed by atoms with Gasteiger partial charge < -0.3 is 19.6 Å². The number of nitrogens with one attached hydrogen (secondary N) is 2. The minimum Gasteiger partial charge on any atom is -0.493 e. The Balaban J connectivity index is 2.06. The van der Waals surface area contributed by atoms with Crippen LogP contribution in [0.3, 0.4) is 0 Å². The van der Waals surface area contributed by atoms with E-state index < -0.39 is 0 Å². The molecule has 0 unspecified atom stereocenters. The predicted octanol–water partition coefficient (Wildman–Crippen LogP) is 2.83. The zero-order valence-corrected chi connectivity index (χ0v) is 12.5. The molecule has 0 bridgehead atoms. The monoisotopic (exact) mass is 288 g/mol. The van der Waals surface area contributed by atoms with Crippen molar-refractivity contribution in [2.24, 2.45) is 0 Å². The Morgan fingerprint density at radius 3 is 2.00 bits per heavy atom. The molecule has 0 atom stereocenters. The van der Waals surface area contributed by atoms with Gasteiger partial charge >= 0.3 is 0 Å². The van der Waals surface area contributed by atoms with Gasteiger partial charge in [0.15, 0.2) is 11.5 Å². The highest BCUT2D eigenvalue weighted by Crippen LogP contribution is 2.38. The Bertz CT molecular complexity index is 548. The first kappa shape index (κ1) is 15.0. The highest BCUT2D eigenvalue weighted by Gasteiger charge is 2.12. The van der Waals surface area contributed by atoms with E-state index in [-0.39, 0.29) is 0 Å². The molecule has 5 heteroatoms. The van der Waals surface area contributed by atoms with Crippen LogP contribution >= 0.6 is 0 Å². The molecule has 0 aliphatic rings. The van der Waals surface area contributed by atoms with Gasteiger partial charge in [-0.1, -0.05) is 18.2 Å². The van der Waals surface area contributed by atoms with Crippen LogP contribution in [0.15, 0.2) is 42.5 Å². The Hall–Kier alpha value is -2.40. The second kappa shape index (κ2) is 7.40. The van der Waals surface area contributed by atoms with E-state index in [2.05, 4.69) is 10.9 Å². The quantitative estimate of drug-likeness (QED) is 0.767. The first-order valence-corrected chi connectivity index (χ1v) is 6.61. The molecule has 0 heterocycles. The van der Waals surface area contributed by atoms with Crippen LogP contribution in [0.5, 0.6) is 17.2 Å². The van der Waals surface area contributed by atoms with Gasteiger partial charge in [0, 0.05) is 12.2 Å². The van der Waals surface area contributed by atoms with Crippen molar-refractivity contribution in [2.75, 3.05) is 26.8 Å². The van der Waals surface area contributed by atoms with Crippen molar-refractivity contribution in [2.45, 2.75) is 6.54 Å². The molecular weight excluding hydrogens is 268 g/mol. The molecule has 0 aliphatic heterocycles. The predicted molar refractivity (Wildman–Crippen MR) is 83.0 cm³/mol. The molecule has 2 rings (SSSR count). The standard InChI is InChI=1S/C16H20N2O3/c1-19-14-9-12(10-15(20-2)16(14)21-3)11-17-18-13-7-5-4-6-8-13/h4-10,17-18H,11H2,1-3H3. The molecule has 2 aromatic carbocycles. The maximum absolute atomic E-state index is 5.33. The first-order chi connectivity index (χ1) is 10.3. The minimum atomic E-state index is 0.597. The van der Waals surface area contributed by atoms with Crippen LogP contribution in [0.25, 0.3) is 0 Å². The summed E-state index contributed by atoms with van der Waals surface area (Å²) in [5, 5.41) is 0. The molecule has 2 aromatic rings. The van der Waals surface area contributed by atoms with Gasteiger partial charge in [0.1, 0.15) is 0 Å². The molecule has 0 fully saturated rings. The van der Waals surface area contributed by atoms with Crippen molar-refractivity contribution >= 4 is 5.69 Å².